The zero-order valence-corrected chi connectivity index (χ0v) is 10.1. The summed E-state index contributed by atoms with van der Waals surface area (Å²) in [4.78, 5) is 38.4. The highest BCUT2D eigenvalue weighted by Crippen LogP contribution is 2.11. The second-order valence-electron chi connectivity index (χ2n) is 4.38. The Morgan fingerprint density at radius 1 is 1.33 bits per heavy atom. The van der Waals surface area contributed by atoms with Crippen LogP contribution < -0.4 is 11.2 Å². The molecular weight excluding hydrogens is 238 g/mol. The number of nitrogens with zero attached hydrogens (tertiary/aromatic N) is 2. The number of aromatic nitrogens is 2. The fourth-order valence-electron chi connectivity index (χ4n) is 2.01. The topological polar surface area (TPSA) is 95.4 Å². The minimum Gasteiger partial charge on any atom is -0.494 e. The lowest BCUT2D eigenvalue weighted by molar-refractivity contribution is -0.130. The van der Waals surface area contributed by atoms with E-state index < -0.39 is 17.1 Å². The number of nitrogens with one attached hydrogen (secondary N) is 1. The lowest BCUT2D eigenvalue weighted by Crippen LogP contribution is -2.38. The van der Waals surface area contributed by atoms with Crippen LogP contribution in [0, 0.1) is 6.92 Å². The lowest BCUT2D eigenvalue weighted by atomic mass is 10.3. The fourth-order valence-corrected chi connectivity index (χ4v) is 2.01. The predicted octanol–water partition coefficient (Wildman–Crippen LogP) is -0.827. The van der Waals surface area contributed by atoms with Crippen LogP contribution in [0.4, 0.5) is 0 Å². The Morgan fingerprint density at radius 2 is 1.94 bits per heavy atom. The Balaban J connectivity index is 2.29. The number of aromatic amines is 1. The Bertz CT molecular complexity index is 581. The van der Waals surface area contributed by atoms with Gasteiger partial charge in [0, 0.05) is 13.1 Å². The van der Waals surface area contributed by atoms with Gasteiger partial charge in [0.25, 0.3) is 5.56 Å². The SMILES string of the molecule is Cc1c(O)n(CC(=O)N2CCCC2)c(=O)[nH]c1=O. The minimum atomic E-state index is -0.768. The second-order valence-corrected chi connectivity index (χ2v) is 4.38. The van der Waals surface area contributed by atoms with E-state index in [1.54, 1.807) is 4.90 Å². The summed E-state index contributed by atoms with van der Waals surface area (Å²) in [5.74, 6) is -0.673. The van der Waals surface area contributed by atoms with E-state index in [4.69, 9.17) is 0 Å². The van der Waals surface area contributed by atoms with Gasteiger partial charge in [0.15, 0.2) is 0 Å². The molecule has 2 heterocycles. The van der Waals surface area contributed by atoms with Crippen molar-refractivity contribution in [1.29, 1.82) is 0 Å². The molecule has 1 aromatic rings. The highest BCUT2D eigenvalue weighted by Gasteiger charge is 2.20. The molecule has 1 amide bonds. The molecule has 0 aliphatic carbocycles. The molecule has 1 aliphatic rings. The maximum Gasteiger partial charge on any atom is 0.331 e. The van der Waals surface area contributed by atoms with Gasteiger partial charge in [-0.2, -0.15) is 0 Å². The fraction of sp³-hybridized carbons (Fsp3) is 0.545. The molecule has 98 valence electrons. The first-order valence-corrected chi connectivity index (χ1v) is 5.81. The van der Waals surface area contributed by atoms with Crippen molar-refractivity contribution < 1.29 is 9.90 Å². The number of amides is 1. The number of rotatable bonds is 2. The minimum absolute atomic E-state index is 0.0313. The normalized spacial score (nSPS) is 15.1. The van der Waals surface area contributed by atoms with Crippen molar-refractivity contribution in [3.63, 3.8) is 0 Å². The molecule has 1 aliphatic heterocycles. The zero-order valence-electron chi connectivity index (χ0n) is 10.1. The molecule has 7 heteroatoms. The molecule has 0 aromatic carbocycles. The zero-order chi connectivity index (χ0) is 13.3. The first-order valence-electron chi connectivity index (χ1n) is 5.81. The summed E-state index contributed by atoms with van der Waals surface area (Å²) in [6.07, 6.45) is 1.91. The van der Waals surface area contributed by atoms with Crippen LogP contribution >= 0.6 is 0 Å². The summed E-state index contributed by atoms with van der Waals surface area (Å²) in [7, 11) is 0. The Hall–Kier alpha value is -2.05. The molecule has 1 aromatic heterocycles. The number of carbonyl (C=O) groups excluding carboxylic acids is 1. The van der Waals surface area contributed by atoms with Gasteiger partial charge >= 0.3 is 5.69 Å². The average molecular weight is 253 g/mol. The van der Waals surface area contributed by atoms with Crippen LogP contribution in [0.15, 0.2) is 9.59 Å². The highest BCUT2D eigenvalue weighted by molar-refractivity contribution is 5.76. The number of carbonyl (C=O) groups is 1. The van der Waals surface area contributed by atoms with Gasteiger partial charge in [-0.05, 0) is 19.8 Å². The van der Waals surface area contributed by atoms with Gasteiger partial charge in [0.05, 0.1) is 5.56 Å². The van der Waals surface area contributed by atoms with Gasteiger partial charge < -0.3 is 10.0 Å². The van der Waals surface area contributed by atoms with Gasteiger partial charge in [0.2, 0.25) is 11.8 Å². The van der Waals surface area contributed by atoms with Crippen LogP contribution in [0.3, 0.4) is 0 Å². The number of hydrogen-bond acceptors (Lipinski definition) is 4. The quantitative estimate of drug-likeness (QED) is 0.719. The summed E-state index contributed by atoms with van der Waals surface area (Å²) in [5.41, 5.74) is -1.37. The van der Waals surface area contributed by atoms with Crippen LogP contribution in [0.25, 0.3) is 0 Å². The maximum absolute atomic E-state index is 11.9. The van der Waals surface area contributed by atoms with E-state index in [1.165, 1.54) is 6.92 Å². The van der Waals surface area contributed by atoms with Crippen molar-refractivity contribution in [2.75, 3.05) is 13.1 Å². The molecule has 1 saturated heterocycles. The molecule has 0 spiro atoms. The molecule has 0 saturated carbocycles. The van der Waals surface area contributed by atoms with Crippen LogP contribution in [0.2, 0.25) is 0 Å². The maximum atomic E-state index is 11.9. The highest BCUT2D eigenvalue weighted by atomic mass is 16.3. The third kappa shape index (κ3) is 2.15. The summed E-state index contributed by atoms with van der Waals surface area (Å²) >= 11 is 0. The van der Waals surface area contributed by atoms with Gasteiger partial charge in [-0.1, -0.05) is 0 Å². The number of H-pyrrole nitrogens is 1. The van der Waals surface area contributed by atoms with Crippen molar-refractivity contribution in [2.24, 2.45) is 0 Å². The Labute approximate surface area is 103 Å². The van der Waals surface area contributed by atoms with E-state index in [1.807, 2.05) is 0 Å². The predicted molar refractivity (Wildman–Crippen MR) is 63.5 cm³/mol. The van der Waals surface area contributed by atoms with Gasteiger partial charge in [0.1, 0.15) is 6.54 Å². The van der Waals surface area contributed by atoms with Crippen molar-refractivity contribution in [3.8, 4) is 5.88 Å². The van der Waals surface area contributed by atoms with Crippen LogP contribution in [0.5, 0.6) is 5.88 Å². The van der Waals surface area contributed by atoms with Gasteiger partial charge in [-0.15, -0.1) is 0 Å². The van der Waals surface area contributed by atoms with E-state index in [-0.39, 0.29) is 18.0 Å². The Kier molecular flexibility index (Phi) is 3.22. The summed E-state index contributed by atoms with van der Waals surface area (Å²) in [6, 6.07) is 0. The second kappa shape index (κ2) is 4.67. The van der Waals surface area contributed by atoms with E-state index >= 15 is 0 Å². The van der Waals surface area contributed by atoms with Crippen LogP contribution in [-0.2, 0) is 11.3 Å². The van der Waals surface area contributed by atoms with Gasteiger partial charge in [-0.3, -0.25) is 19.1 Å². The molecule has 2 rings (SSSR count). The summed E-state index contributed by atoms with van der Waals surface area (Å²) < 4.78 is 0.886. The standard InChI is InChI=1S/C11H15N3O4/c1-7-9(16)12-11(18)14(10(7)17)6-8(15)13-4-2-3-5-13/h17H,2-6H2,1H3,(H,12,16,18). The molecule has 0 radical (unpaired) electrons. The number of likely N-dealkylation sites (tertiary alicyclic amines) is 1. The molecule has 18 heavy (non-hydrogen) atoms. The summed E-state index contributed by atoms with van der Waals surface area (Å²) in [6.45, 7) is 2.50. The number of aromatic hydroxyl groups is 1. The first-order chi connectivity index (χ1) is 8.50. The van der Waals surface area contributed by atoms with Crippen molar-refractivity contribution in [3.05, 3.63) is 26.4 Å². The Morgan fingerprint density at radius 3 is 2.56 bits per heavy atom. The molecule has 0 bridgehead atoms. The summed E-state index contributed by atoms with van der Waals surface area (Å²) in [5, 5.41) is 9.72. The third-order valence-corrected chi connectivity index (χ3v) is 3.15. The molecular formula is C11H15N3O4. The third-order valence-electron chi connectivity index (χ3n) is 3.15. The van der Waals surface area contributed by atoms with Crippen LogP contribution in [-0.4, -0.2) is 38.6 Å². The smallest absolute Gasteiger partial charge is 0.331 e. The monoisotopic (exact) mass is 253 g/mol. The van der Waals surface area contributed by atoms with Crippen molar-refractivity contribution in [1.82, 2.24) is 14.5 Å². The largest absolute Gasteiger partial charge is 0.494 e. The van der Waals surface area contributed by atoms with E-state index in [0.29, 0.717) is 13.1 Å². The van der Waals surface area contributed by atoms with Crippen LogP contribution in [0.1, 0.15) is 18.4 Å². The lowest BCUT2D eigenvalue weighted by Gasteiger charge is -2.16. The molecule has 7 nitrogen and oxygen atoms in total. The number of hydrogen-bond donors (Lipinski definition) is 2. The average Bonchev–Trinajstić information content (AvgIpc) is 2.85. The molecule has 1 fully saturated rings. The van der Waals surface area contributed by atoms with E-state index in [9.17, 15) is 19.5 Å². The van der Waals surface area contributed by atoms with Gasteiger partial charge in [-0.25, -0.2) is 4.79 Å². The van der Waals surface area contributed by atoms with Crippen molar-refractivity contribution >= 4 is 5.91 Å². The molecule has 2 N–H and O–H groups in total. The molecule has 0 atom stereocenters. The first kappa shape index (κ1) is 12.4. The molecule has 0 unspecified atom stereocenters. The van der Waals surface area contributed by atoms with Crippen molar-refractivity contribution in [2.45, 2.75) is 26.3 Å². The van der Waals surface area contributed by atoms with E-state index in [0.717, 1.165) is 17.4 Å². The van der Waals surface area contributed by atoms with E-state index in [2.05, 4.69) is 4.98 Å².